The van der Waals surface area contributed by atoms with Crippen LogP contribution in [0, 0.1) is 18.6 Å². The van der Waals surface area contributed by atoms with Gasteiger partial charge in [-0.15, -0.1) is 0 Å². The topological polar surface area (TPSA) is 12.0 Å². The van der Waals surface area contributed by atoms with Gasteiger partial charge in [0.2, 0.25) is 0 Å². The number of halogens is 2. The van der Waals surface area contributed by atoms with E-state index in [1.54, 1.807) is 6.92 Å². The Morgan fingerprint density at radius 1 is 1.05 bits per heavy atom. The number of rotatable bonds is 5. The van der Waals surface area contributed by atoms with E-state index in [0.717, 1.165) is 5.56 Å². The average molecular weight is 275 g/mol. The number of nitrogens with one attached hydrogen (secondary N) is 1. The SMILES string of the molecule is CCNC(Cc1ccccc1)c1cc(F)c(C)cc1F. The molecule has 1 unspecified atom stereocenters. The molecule has 0 saturated heterocycles. The second-order valence-electron chi connectivity index (χ2n) is 4.92. The van der Waals surface area contributed by atoms with Crippen molar-refractivity contribution in [3.05, 3.63) is 70.8 Å². The van der Waals surface area contributed by atoms with Gasteiger partial charge >= 0.3 is 0 Å². The van der Waals surface area contributed by atoms with Crippen LogP contribution in [0.5, 0.6) is 0 Å². The van der Waals surface area contributed by atoms with Gasteiger partial charge in [-0.3, -0.25) is 0 Å². The third-order valence-corrected chi connectivity index (χ3v) is 3.39. The highest BCUT2D eigenvalue weighted by molar-refractivity contribution is 5.29. The smallest absolute Gasteiger partial charge is 0.128 e. The molecule has 0 aliphatic carbocycles. The van der Waals surface area contributed by atoms with E-state index in [2.05, 4.69) is 5.32 Å². The molecule has 0 radical (unpaired) electrons. The predicted octanol–water partition coefficient (Wildman–Crippen LogP) is 4.17. The lowest BCUT2D eigenvalue weighted by Gasteiger charge is -2.20. The molecule has 0 saturated carbocycles. The van der Waals surface area contributed by atoms with E-state index in [1.807, 2.05) is 37.3 Å². The first-order chi connectivity index (χ1) is 9.61. The molecule has 3 heteroatoms. The van der Waals surface area contributed by atoms with E-state index in [-0.39, 0.29) is 17.7 Å². The van der Waals surface area contributed by atoms with Crippen molar-refractivity contribution < 1.29 is 8.78 Å². The Kier molecular flexibility index (Phi) is 4.85. The van der Waals surface area contributed by atoms with Crippen molar-refractivity contribution in [2.24, 2.45) is 0 Å². The lowest BCUT2D eigenvalue weighted by atomic mass is 9.97. The number of likely N-dealkylation sites (N-methyl/N-ethyl adjacent to an activating group) is 1. The number of aryl methyl sites for hydroxylation is 1. The summed E-state index contributed by atoms with van der Waals surface area (Å²) in [5.41, 5.74) is 1.82. The normalized spacial score (nSPS) is 12.4. The molecule has 0 aromatic heterocycles. The van der Waals surface area contributed by atoms with Crippen LogP contribution in [0.3, 0.4) is 0 Å². The molecule has 20 heavy (non-hydrogen) atoms. The van der Waals surface area contributed by atoms with Crippen LogP contribution in [0.4, 0.5) is 8.78 Å². The van der Waals surface area contributed by atoms with Crippen LogP contribution < -0.4 is 5.32 Å². The van der Waals surface area contributed by atoms with Gasteiger partial charge in [0, 0.05) is 11.6 Å². The minimum Gasteiger partial charge on any atom is -0.310 e. The molecule has 0 heterocycles. The summed E-state index contributed by atoms with van der Waals surface area (Å²) in [4.78, 5) is 0. The van der Waals surface area contributed by atoms with Crippen LogP contribution in [-0.2, 0) is 6.42 Å². The zero-order valence-corrected chi connectivity index (χ0v) is 11.8. The Morgan fingerprint density at radius 3 is 2.40 bits per heavy atom. The maximum absolute atomic E-state index is 14.1. The second kappa shape index (κ2) is 6.62. The molecule has 1 N–H and O–H groups in total. The molecule has 1 nitrogen and oxygen atoms in total. The Morgan fingerprint density at radius 2 is 1.75 bits per heavy atom. The minimum absolute atomic E-state index is 0.225. The van der Waals surface area contributed by atoms with Crippen LogP contribution >= 0.6 is 0 Å². The van der Waals surface area contributed by atoms with Crippen LogP contribution in [0.25, 0.3) is 0 Å². The monoisotopic (exact) mass is 275 g/mol. The summed E-state index contributed by atoms with van der Waals surface area (Å²) in [6.07, 6.45) is 0.633. The van der Waals surface area contributed by atoms with Crippen LogP contribution in [0.15, 0.2) is 42.5 Å². The van der Waals surface area contributed by atoms with Crippen LogP contribution in [0.1, 0.15) is 29.7 Å². The van der Waals surface area contributed by atoms with Crippen molar-refractivity contribution in [3.63, 3.8) is 0 Å². The fraction of sp³-hybridized carbons (Fsp3) is 0.294. The van der Waals surface area contributed by atoms with Crippen molar-refractivity contribution in [3.8, 4) is 0 Å². The summed E-state index contributed by atoms with van der Waals surface area (Å²) in [5.74, 6) is -0.719. The van der Waals surface area contributed by atoms with Gasteiger partial charge in [0.25, 0.3) is 0 Å². The van der Waals surface area contributed by atoms with Gasteiger partial charge in [-0.25, -0.2) is 8.78 Å². The van der Waals surface area contributed by atoms with E-state index >= 15 is 0 Å². The zero-order chi connectivity index (χ0) is 14.5. The van der Waals surface area contributed by atoms with Crippen molar-refractivity contribution in [1.29, 1.82) is 0 Å². The maximum Gasteiger partial charge on any atom is 0.128 e. The molecule has 1 atom stereocenters. The first kappa shape index (κ1) is 14.7. The summed E-state index contributed by atoms with van der Waals surface area (Å²) in [6.45, 7) is 4.23. The van der Waals surface area contributed by atoms with E-state index in [1.165, 1.54) is 12.1 Å². The third-order valence-electron chi connectivity index (χ3n) is 3.39. The highest BCUT2D eigenvalue weighted by atomic mass is 19.1. The van der Waals surface area contributed by atoms with Gasteiger partial charge in [-0.2, -0.15) is 0 Å². The van der Waals surface area contributed by atoms with Crippen LogP contribution in [-0.4, -0.2) is 6.54 Å². The molecule has 0 aliphatic heterocycles. The van der Waals surface area contributed by atoms with E-state index in [4.69, 9.17) is 0 Å². The minimum atomic E-state index is -0.364. The first-order valence-electron chi connectivity index (χ1n) is 6.84. The number of benzene rings is 2. The molecule has 0 amide bonds. The van der Waals surface area contributed by atoms with Gasteiger partial charge in [-0.05, 0) is 43.1 Å². The highest BCUT2D eigenvalue weighted by Crippen LogP contribution is 2.24. The van der Waals surface area contributed by atoms with Crippen molar-refractivity contribution in [1.82, 2.24) is 5.32 Å². The van der Waals surface area contributed by atoms with Gasteiger partial charge in [-0.1, -0.05) is 37.3 Å². The number of hydrogen-bond donors (Lipinski definition) is 1. The lowest BCUT2D eigenvalue weighted by Crippen LogP contribution is -2.24. The summed E-state index contributed by atoms with van der Waals surface area (Å²) < 4.78 is 27.8. The van der Waals surface area contributed by atoms with Crippen LogP contribution in [0.2, 0.25) is 0 Å². The summed E-state index contributed by atoms with van der Waals surface area (Å²) in [5, 5.41) is 3.23. The largest absolute Gasteiger partial charge is 0.310 e. The Labute approximate surface area is 118 Å². The molecule has 0 aliphatic rings. The predicted molar refractivity (Wildman–Crippen MR) is 77.7 cm³/mol. The second-order valence-corrected chi connectivity index (χ2v) is 4.92. The zero-order valence-electron chi connectivity index (χ0n) is 11.8. The molecular weight excluding hydrogens is 256 g/mol. The number of hydrogen-bond acceptors (Lipinski definition) is 1. The highest BCUT2D eigenvalue weighted by Gasteiger charge is 2.17. The third kappa shape index (κ3) is 3.42. The van der Waals surface area contributed by atoms with Crippen molar-refractivity contribution in [2.75, 3.05) is 6.54 Å². The molecule has 2 aromatic carbocycles. The maximum atomic E-state index is 14.1. The quantitative estimate of drug-likeness (QED) is 0.863. The standard InChI is InChI=1S/C17H19F2N/c1-3-20-17(10-13-7-5-4-6-8-13)14-11-15(18)12(2)9-16(14)19/h4-9,11,17,20H,3,10H2,1-2H3. The van der Waals surface area contributed by atoms with Gasteiger partial charge in [0.05, 0.1) is 0 Å². The van der Waals surface area contributed by atoms with E-state index < -0.39 is 0 Å². The molecule has 2 aromatic rings. The average Bonchev–Trinajstić information content (AvgIpc) is 2.44. The molecule has 0 spiro atoms. The summed E-state index contributed by atoms with van der Waals surface area (Å²) >= 11 is 0. The fourth-order valence-electron chi connectivity index (χ4n) is 2.32. The van der Waals surface area contributed by atoms with Gasteiger partial charge in [0.1, 0.15) is 11.6 Å². The Hall–Kier alpha value is -1.74. The molecule has 0 bridgehead atoms. The molecule has 2 rings (SSSR count). The Bertz CT molecular complexity index is 567. The van der Waals surface area contributed by atoms with E-state index in [9.17, 15) is 8.78 Å². The first-order valence-corrected chi connectivity index (χ1v) is 6.84. The molecule has 0 fully saturated rings. The summed E-state index contributed by atoms with van der Waals surface area (Å²) in [7, 11) is 0. The summed E-state index contributed by atoms with van der Waals surface area (Å²) in [6, 6.07) is 12.2. The Balaban J connectivity index is 2.31. The molecule has 106 valence electrons. The van der Waals surface area contributed by atoms with Crippen molar-refractivity contribution >= 4 is 0 Å². The molecular formula is C17H19F2N. The lowest BCUT2D eigenvalue weighted by molar-refractivity contribution is 0.500. The van der Waals surface area contributed by atoms with E-state index in [0.29, 0.717) is 24.1 Å². The van der Waals surface area contributed by atoms with Crippen molar-refractivity contribution in [2.45, 2.75) is 26.3 Å². The fourth-order valence-corrected chi connectivity index (χ4v) is 2.32. The van der Waals surface area contributed by atoms with Gasteiger partial charge in [0.15, 0.2) is 0 Å². The van der Waals surface area contributed by atoms with Gasteiger partial charge < -0.3 is 5.32 Å².